The highest BCUT2D eigenvalue weighted by Gasteiger charge is 1.95. The second-order valence-electron chi connectivity index (χ2n) is 8.16. The number of hydrogen-bond donors (Lipinski definition) is 2. The second-order valence-corrected chi connectivity index (χ2v) is 8.16. The largest absolute Gasteiger partial charge is 0.381 e. The average molecular weight is 385 g/mol. The van der Waals surface area contributed by atoms with Crippen LogP contribution in [0.5, 0.6) is 0 Å². The van der Waals surface area contributed by atoms with E-state index in [0.29, 0.717) is 0 Å². The molecule has 0 aromatic heterocycles. The van der Waals surface area contributed by atoms with Crippen molar-refractivity contribution in [1.29, 1.82) is 0 Å². The second kappa shape index (κ2) is 25.9. The average Bonchev–Trinajstić information content (AvgIpc) is 2.68. The predicted octanol–water partition coefficient (Wildman–Crippen LogP) is 6.59. The first-order chi connectivity index (χ1) is 13.4. The molecule has 0 aromatic carbocycles. The summed E-state index contributed by atoms with van der Waals surface area (Å²) in [7, 11) is 0. The Morgan fingerprint density at radius 1 is 0.519 bits per heavy atom. The summed E-state index contributed by atoms with van der Waals surface area (Å²) in [6.07, 6.45) is 25.0. The Morgan fingerprint density at radius 2 is 0.926 bits per heavy atom. The topological polar surface area (TPSA) is 47.3 Å². The van der Waals surface area contributed by atoms with Gasteiger partial charge in [0.25, 0.3) is 0 Å². The Bertz CT molecular complexity index is 225. The smallest absolute Gasteiger partial charge is 0.0478 e. The molecule has 27 heavy (non-hydrogen) atoms. The Kier molecular flexibility index (Phi) is 25.8. The van der Waals surface area contributed by atoms with Crippen molar-refractivity contribution in [2.45, 2.75) is 122 Å². The fraction of sp³-hybridized carbons (Fsp3) is 1.00. The van der Waals surface area contributed by atoms with Crippen molar-refractivity contribution in [1.82, 2.24) is 5.32 Å². The van der Waals surface area contributed by atoms with Crippen LogP contribution in [0.3, 0.4) is 0 Å². The van der Waals surface area contributed by atoms with Crippen molar-refractivity contribution in [3.05, 3.63) is 0 Å². The molecule has 3 N–H and O–H groups in total. The lowest BCUT2D eigenvalue weighted by Crippen LogP contribution is -2.20. The molecular weight excluding hydrogens is 332 g/mol. The summed E-state index contributed by atoms with van der Waals surface area (Å²) < 4.78 is 5.69. The van der Waals surface area contributed by atoms with E-state index < -0.39 is 0 Å². The third kappa shape index (κ3) is 25.9. The summed E-state index contributed by atoms with van der Waals surface area (Å²) in [5.74, 6) is 0. The Morgan fingerprint density at radius 3 is 1.41 bits per heavy atom. The fourth-order valence-electron chi connectivity index (χ4n) is 3.51. The lowest BCUT2D eigenvalue weighted by Gasteiger charge is -2.06. The van der Waals surface area contributed by atoms with Gasteiger partial charge in [-0.25, -0.2) is 0 Å². The van der Waals surface area contributed by atoms with E-state index >= 15 is 0 Å². The maximum Gasteiger partial charge on any atom is 0.0478 e. The van der Waals surface area contributed by atoms with Gasteiger partial charge in [0.05, 0.1) is 0 Å². The quantitative estimate of drug-likeness (QED) is 0.184. The molecule has 0 aliphatic rings. The standard InChI is InChI=1S/C24H52N2O/c1-2-3-4-5-6-7-8-9-10-11-12-13-14-15-16-17-23-27-24-19-22-26-21-18-20-25/h26H,2-25H2,1H3. The Balaban J connectivity index is 2.95. The zero-order chi connectivity index (χ0) is 19.7. The highest BCUT2D eigenvalue weighted by atomic mass is 16.5. The summed E-state index contributed by atoms with van der Waals surface area (Å²) in [5.41, 5.74) is 5.46. The van der Waals surface area contributed by atoms with E-state index in [1.165, 1.54) is 103 Å². The first-order valence-electron chi connectivity index (χ1n) is 12.4. The molecule has 0 saturated carbocycles. The van der Waals surface area contributed by atoms with Gasteiger partial charge in [0.1, 0.15) is 0 Å². The predicted molar refractivity (Wildman–Crippen MR) is 122 cm³/mol. The van der Waals surface area contributed by atoms with Crippen molar-refractivity contribution in [3.63, 3.8) is 0 Å². The monoisotopic (exact) mass is 384 g/mol. The molecule has 0 radical (unpaired) electrons. The molecule has 164 valence electrons. The van der Waals surface area contributed by atoms with Crippen LogP contribution >= 0.6 is 0 Å². The SMILES string of the molecule is CCCCCCCCCCCCCCCCCCOCCCNCCCN. The molecular formula is C24H52N2O. The van der Waals surface area contributed by atoms with Gasteiger partial charge in [-0.05, 0) is 38.9 Å². The minimum Gasteiger partial charge on any atom is -0.381 e. The fourth-order valence-corrected chi connectivity index (χ4v) is 3.51. The number of nitrogens with two attached hydrogens (primary N) is 1. The summed E-state index contributed by atoms with van der Waals surface area (Å²) in [6.45, 7) is 7.01. The van der Waals surface area contributed by atoms with Crippen LogP contribution in [-0.4, -0.2) is 32.8 Å². The van der Waals surface area contributed by atoms with Crippen LogP contribution in [0.2, 0.25) is 0 Å². The van der Waals surface area contributed by atoms with E-state index in [9.17, 15) is 0 Å². The number of hydrogen-bond acceptors (Lipinski definition) is 3. The van der Waals surface area contributed by atoms with Crippen LogP contribution in [0.15, 0.2) is 0 Å². The van der Waals surface area contributed by atoms with Crippen LogP contribution in [-0.2, 0) is 4.74 Å². The van der Waals surface area contributed by atoms with Gasteiger partial charge in [0.15, 0.2) is 0 Å². The minimum atomic E-state index is 0.781. The number of ether oxygens (including phenoxy) is 1. The molecule has 0 heterocycles. The molecule has 0 saturated heterocycles. The zero-order valence-corrected chi connectivity index (χ0v) is 18.7. The molecule has 0 unspecified atom stereocenters. The molecule has 0 amide bonds. The third-order valence-electron chi connectivity index (χ3n) is 5.34. The molecule has 0 aliphatic heterocycles. The van der Waals surface area contributed by atoms with Gasteiger partial charge in [-0.3, -0.25) is 0 Å². The maximum atomic E-state index is 5.69. The molecule has 0 spiro atoms. The highest BCUT2D eigenvalue weighted by Crippen LogP contribution is 2.13. The summed E-state index contributed by atoms with van der Waals surface area (Å²) in [4.78, 5) is 0. The number of unbranched alkanes of at least 4 members (excludes halogenated alkanes) is 15. The summed E-state index contributed by atoms with van der Waals surface area (Å²) in [6, 6.07) is 0. The maximum absolute atomic E-state index is 5.69. The van der Waals surface area contributed by atoms with Crippen molar-refractivity contribution < 1.29 is 4.74 Å². The summed E-state index contributed by atoms with van der Waals surface area (Å²) >= 11 is 0. The van der Waals surface area contributed by atoms with Crippen LogP contribution in [0.1, 0.15) is 122 Å². The normalized spacial score (nSPS) is 11.3. The lowest BCUT2D eigenvalue weighted by molar-refractivity contribution is 0.127. The Hall–Kier alpha value is -0.120. The first kappa shape index (κ1) is 26.9. The van der Waals surface area contributed by atoms with E-state index in [0.717, 1.165) is 45.7 Å². The van der Waals surface area contributed by atoms with Crippen LogP contribution in [0.25, 0.3) is 0 Å². The van der Waals surface area contributed by atoms with E-state index in [-0.39, 0.29) is 0 Å². The van der Waals surface area contributed by atoms with Crippen molar-refractivity contribution in [3.8, 4) is 0 Å². The van der Waals surface area contributed by atoms with Gasteiger partial charge in [-0.1, -0.05) is 103 Å². The molecule has 0 atom stereocenters. The Labute approximate surface area is 171 Å². The summed E-state index contributed by atoms with van der Waals surface area (Å²) in [5, 5.41) is 3.39. The van der Waals surface area contributed by atoms with Gasteiger partial charge >= 0.3 is 0 Å². The van der Waals surface area contributed by atoms with Crippen molar-refractivity contribution in [2.24, 2.45) is 5.73 Å². The molecule has 0 rings (SSSR count). The minimum absolute atomic E-state index is 0.781. The van der Waals surface area contributed by atoms with Gasteiger partial charge in [-0.2, -0.15) is 0 Å². The first-order valence-corrected chi connectivity index (χ1v) is 12.4. The number of nitrogens with one attached hydrogen (secondary N) is 1. The van der Waals surface area contributed by atoms with E-state index in [1.54, 1.807) is 0 Å². The third-order valence-corrected chi connectivity index (χ3v) is 5.34. The molecule has 0 aromatic rings. The van der Waals surface area contributed by atoms with E-state index in [4.69, 9.17) is 10.5 Å². The van der Waals surface area contributed by atoms with Crippen molar-refractivity contribution >= 4 is 0 Å². The van der Waals surface area contributed by atoms with E-state index in [1.807, 2.05) is 0 Å². The van der Waals surface area contributed by atoms with Crippen LogP contribution in [0.4, 0.5) is 0 Å². The van der Waals surface area contributed by atoms with E-state index in [2.05, 4.69) is 12.2 Å². The molecule has 0 bridgehead atoms. The van der Waals surface area contributed by atoms with Crippen LogP contribution in [0, 0.1) is 0 Å². The van der Waals surface area contributed by atoms with Gasteiger partial charge in [0.2, 0.25) is 0 Å². The van der Waals surface area contributed by atoms with Crippen molar-refractivity contribution in [2.75, 3.05) is 32.8 Å². The molecule has 3 heteroatoms. The highest BCUT2D eigenvalue weighted by molar-refractivity contribution is 4.51. The number of rotatable bonds is 24. The van der Waals surface area contributed by atoms with Gasteiger partial charge in [0, 0.05) is 13.2 Å². The zero-order valence-electron chi connectivity index (χ0n) is 18.7. The molecule has 0 aliphatic carbocycles. The lowest BCUT2D eigenvalue weighted by atomic mass is 10.0. The van der Waals surface area contributed by atoms with Crippen LogP contribution < -0.4 is 11.1 Å². The molecule has 3 nitrogen and oxygen atoms in total. The molecule has 0 fully saturated rings. The van der Waals surface area contributed by atoms with Gasteiger partial charge < -0.3 is 15.8 Å². The van der Waals surface area contributed by atoms with Gasteiger partial charge in [-0.15, -0.1) is 0 Å².